The van der Waals surface area contributed by atoms with Gasteiger partial charge in [-0.25, -0.2) is 4.79 Å². The van der Waals surface area contributed by atoms with Crippen molar-refractivity contribution < 1.29 is 24.1 Å². The minimum absolute atomic E-state index is 0.0590. The molecule has 1 aromatic rings. The average molecular weight is 386 g/mol. The molecule has 1 fully saturated rings. The number of carbonyl (C=O) groups excluding carboxylic acids is 3. The van der Waals surface area contributed by atoms with Gasteiger partial charge in [-0.15, -0.1) is 5.06 Å². The standard InChI is InChI=1S/C21H26N2O5/c1-20(2)12-7-13-21(3,4)23(20)27-14-15-8-5-6-9-16(15)19(26)28-22-17(24)10-11-18(22)25/h5-9,12H,10-11,13-14H2,1-4H3. The molecule has 1 aromatic carbocycles. The Morgan fingerprint density at radius 3 is 2.36 bits per heavy atom. The molecule has 1 saturated heterocycles. The molecule has 2 heterocycles. The first kappa shape index (κ1) is 20.2. The van der Waals surface area contributed by atoms with Gasteiger partial charge in [0, 0.05) is 18.4 Å². The van der Waals surface area contributed by atoms with Crippen LogP contribution >= 0.6 is 0 Å². The van der Waals surface area contributed by atoms with Crippen LogP contribution < -0.4 is 0 Å². The summed E-state index contributed by atoms with van der Waals surface area (Å²) in [5.41, 5.74) is 0.374. The molecule has 0 bridgehead atoms. The Kier molecular flexibility index (Phi) is 5.41. The average Bonchev–Trinajstić information content (AvgIpc) is 2.92. The van der Waals surface area contributed by atoms with Gasteiger partial charge in [-0.3, -0.25) is 14.4 Å². The summed E-state index contributed by atoms with van der Waals surface area (Å²) >= 11 is 0. The van der Waals surface area contributed by atoms with E-state index in [1.165, 1.54) is 0 Å². The van der Waals surface area contributed by atoms with Crippen molar-refractivity contribution in [2.24, 2.45) is 0 Å². The molecule has 150 valence electrons. The molecule has 7 nitrogen and oxygen atoms in total. The lowest BCUT2D eigenvalue weighted by Crippen LogP contribution is -2.56. The summed E-state index contributed by atoms with van der Waals surface area (Å²) in [6.07, 6.45) is 5.21. The Morgan fingerprint density at radius 2 is 1.71 bits per heavy atom. The molecule has 0 N–H and O–H groups in total. The highest BCUT2D eigenvalue weighted by molar-refractivity contribution is 6.02. The summed E-state index contributed by atoms with van der Waals surface area (Å²) in [5.74, 6) is -1.76. The van der Waals surface area contributed by atoms with Gasteiger partial charge >= 0.3 is 5.97 Å². The zero-order chi connectivity index (χ0) is 20.5. The van der Waals surface area contributed by atoms with Crippen molar-refractivity contribution in [1.29, 1.82) is 0 Å². The van der Waals surface area contributed by atoms with E-state index in [-0.39, 0.29) is 36.1 Å². The number of benzene rings is 1. The summed E-state index contributed by atoms with van der Waals surface area (Å²) in [6, 6.07) is 6.86. The van der Waals surface area contributed by atoms with E-state index in [0.717, 1.165) is 6.42 Å². The summed E-state index contributed by atoms with van der Waals surface area (Å²) in [7, 11) is 0. The second-order valence-corrected chi connectivity index (χ2v) is 8.26. The zero-order valence-corrected chi connectivity index (χ0v) is 16.7. The Morgan fingerprint density at radius 1 is 1.07 bits per heavy atom. The fourth-order valence-electron chi connectivity index (χ4n) is 3.68. The second kappa shape index (κ2) is 7.48. The number of hydrogen-bond donors (Lipinski definition) is 0. The number of rotatable bonds is 5. The van der Waals surface area contributed by atoms with Gasteiger partial charge in [0.05, 0.1) is 17.7 Å². The summed E-state index contributed by atoms with van der Waals surface area (Å²) in [6.45, 7) is 8.49. The first-order valence-electron chi connectivity index (χ1n) is 9.39. The SMILES string of the molecule is CC1(C)C=CCC(C)(C)N1OCc1ccccc1C(=O)ON1C(=O)CCC1=O. The highest BCUT2D eigenvalue weighted by atomic mass is 16.7. The zero-order valence-electron chi connectivity index (χ0n) is 16.7. The summed E-state index contributed by atoms with van der Waals surface area (Å²) < 4.78 is 0. The minimum atomic E-state index is -0.750. The largest absolute Gasteiger partial charge is 0.364 e. The van der Waals surface area contributed by atoms with Crippen molar-refractivity contribution >= 4 is 17.8 Å². The van der Waals surface area contributed by atoms with Crippen LogP contribution in [0.5, 0.6) is 0 Å². The van der Waals surface area contributed by atoms with Crippen LogP contribution in [0.4, 0.5) is 0 Å². The molecule has 3 rings (SSSR count). The number of imide groups is 1. The van der Waals surface area contributed by atoms with Crippen molar-refractivity contribution in [3.05, 3.63) is 47.5 Å². The van der Waals surface area contributed by atoms with Crippen LogP contribution in [0.15, 0.2) is 36.4 Å². The Labute approximate surface area is 164 Å². The summed E-state index contributed by atoms with van der Waals surface area (Å²) in [4.78, 5) is 47.2. The van der Waals surface area contributed by atoms with E-state index in [1.807, 2.05) is 5.06 Å². The van der Waals surface area contributed by atoms with E-state index in [2.05, 4.69) is 39.8 Å². The van der Waals surface area contributed by atoms with Gasteiger partial charge in [0.15, 0.2) is 0 Å². The van der Waals surface area contributed by atoms with Crippen LogP contribution in [0, 0.1) is 0 Å². The molecule has 0 unspecified atom stereocenters. The fourth-order valence-corrected chi connectivity index (χ4v) is 3.68. The maximum absolute atomic E-state index is 12.6. The van der Waals surface area contributed by atoms with Crippen molar-refractivity contribution in [2.45, 2.75) is 64.6 Å². The lowest BCUT2D eigenvalue weighted by atomic mass is 9.88. The molecule has 0 saturated carbocycles. The highest BCUT2D eigenvalue weighted by Gasteiger charge is 2.40. The Hall–Kier alpha value is -2.51. The predicted octanol–water partition coefficient (Wildman–Crippen LogP) is 3.16. The van der Waals surface area contributed by atoms with Gasteiger partial charge in [0.25, 0.3) is 11.8 Å². The highest BCUT2D eigenvalue weighted by Crippen LogP contribution is 2.34. The van der Waals surface area contributed by atoms with Gasteiger partial charge in [0.1, 0.15) is 0 Å². The van der Waals surface area contributed by atoms with Gasteiger partial charge in [-0.05, 0) is 45.7 Å². The molecule has 0 atom stereocenters. The van der Waals surface area contributed by atoms with Crippen molar-refractivity contribution in [1.82, 2.24) is 10.1 Å². The van der Waals surface area contributed by atoms with E-state index >= 15 is 0 Å². The first-order valence-corrected chi connectivity index (χ1v) is 9.39. The molecule has 28 heavy (non-hydrogen) atoms. The Bertz CT molecular complexity index is 812. The van der Waals surface area contributed by atoms with Crippen LogP contribution in [0.3, 0.4) is 0 Å². The topological polar surface area (TPSA) is 76.2 Å². The molecule has 0 aliphatic carbocycles. The third-order valence-corrected chi connectivity index (χ3v) is 4.98. The van der Waals surface area contributed by atoms with Crippen LogP contribution in [0.2, 0.25) is 0 Å². The molecular formula is C21H26N2O5. The lowest BCUT2D eigenvalue weighted by molar-refractivity contribution is -0.265. The second-order valence-electron chi connectivity index (χ2n) is 8.26. The molecule has 7 heteroatoms. The maximum atomic E-state index is 12.6. The van der Waals surface area contributed by atoms with Crippen LogP contribution in [0.1, 0.15) is 62.9 Å². The van der Waals surface area contributed by atoms with Crippen LogP contribution in [-0.4, -0.2) is 39.0 Å². The van der Waals surface area contributed by atoms with Crippen molar-refractivity contribution in [3.8, 4) is 0 Å². The number of amides is 2. The smallest absolute Gasteiger partial charge is 0.325 e. The van der Waals surface area contributed by atoms with Crippen LogP contribution in [-0.2, 0) is 25.9 Å². The molecule has 0 aromatic heterocycles. The Balaban J connectivity index is 1.75. The third kappa shape index (κ3) is 4.00. The maximum Gasteiger partial charge on any atom is 0.364 e. The molecule has 0 radical (unpaired) electrons. The van der Waals surface area contributed by atoms with Gasteiger partial charge in [-0.1, -0.05) is 30.4 Å². The number of hydrogen-bond acceptors (Lipinski definition) is 6. The van der Waals surface area contributed by atoms with Gasteiger partial charge in [-0.2, -0.15) is 5.06 Å². The van der Waals surface area contributed by atoms with E-state index in [4.69, 9.17) is 9.68 Å². The van der Waals surface area contributed by atoms with E-state index in [1.54, 1.807) is 24.3 Å². The predicted molar refractivity (Wildman–Crippen MR) is 101 cm³/mol. The normalized spacial score (nSPS) is 21.2. The lowest BCUT2D eigenvalue weighted by Gasteiger charge is -2.48. The van der Waals surface area contributed by atoms with E-state index in [0.29, 0.717) is 10.6 Å². The van der Waals surface area contributed by atoms with Crippen LogP contribution in [0.25, 0.3) is 0 Å². The summed E-state index contributed by atoms with van der Waals surface area (Å²) in [5, 5.41) is 2.50. The van der Waals surface area contributed by atoms with E-state index < -0.39 is 17.8 Å². The molecule has 2 aliphatic heterocycles. The van der Waals surface area contributed by atoms with E-state index in [9.17, 15) is 14.4 Å². The number of nitrogens with zero attached hydrogens (tertiary/aromatic N) is 2. The fraction of sp³-hybridized carbons (Fsp3) is 0.476. The first-order chi connectivity index (χ1) is 13.1. The molecule has 2 amide bonds. The minimum Gasteiger partial charge on any atom is -0.325 e. The molecule has 0 spiro atoms. The van der Waals surface area contributed by atoms with Crippen molar-refractivity contribution in [2.75, 3.05) is 0 Å². The van der Waals surface area contributed by atoms with Gasteiger partial charge in [0.2, 0.25) is 0 Å². The monoisotopic (exact) mass is 386 g/mol. The quantitative estimate of drug-likeness (QED) is 0.572. The molecule has 2 aliphatic rings. The number of carbonyl (C=O) groups is 3. The number of hydroxylamine groups is 4. The van der Waals surface area contributed by atoms with Crippen molar-refractivity contribution in [3.63, 3.8) is 0 Å². The van der Waals surface area contributed by atoms with Gasteiger partial charge < -0.3 is 4.84 Å². The molecular weight excluding hydrogens is 360 g/mol. The third-order valence-electron chi connectivity index (χ3n) is 4.98.